The van der Waals surface area contributed by atoms with Gasteiger partial charge < -0.3 is 4.90 Å². The highest BCUT2D eigenvalue weighted by Crippen LogP contribution is 2.43. The Morgan fingerprint density at radius 2 is 1.33 bits per heavy atom. The van der Waals surface area contributed by atoms with Crippen molar-refractivity contribution in [2.75, 3.05) is 4.90 Å². The van der Waals surface area contributed by atoms with Crippen LogP contribution in [0.2, 0.25) is 0 Å². The topological polar surface area (TPSA) is 128 Å². The van der Waals surface area contributed by atoms with Crippen molar-refractivity contribution in [1.82, 2.24) is 14.5 Å². The van der Waals surface area contributed by atoms with Crippen LogP contribution in [-0.4, -0.2) is 30.2 Å². The fourth-order valence-corrected chi connectivity index (χ4v) is 4.75. The highest BCUT2D eigenvalue weighted by Gasteiger charge is 2.41. The molecule has 17 heteroatoms. The Hall–Kier alpha value is -5.74. The Labute approximate surface area is 248 Å². The summed E-state index contributed by atoms with van der Waals surface area (Å²) < 4.78 is 81.4. The van der Waals surface area contributed by atoms with Gasteiger partial charge in [-0.05, 0) is 43.3 Å². The second-order valence-electron chi connectivity index (χ2n) is 9.73. The van der Waals surface area contributed by atoms with Crippen LogP contribution in [0.3, 0.4) is 0 Å². The summed E-state index contributed by atoms with van der Waals surface area (Å²) in [5, 5.41) is 23.8. The fraction of sp³-hybridized carbons (Fsp3) is 0.143. The van der Waals surface area contributed by atoms with Gasteiger partial charge in [-0.15, -0.1) is 0 Å². The Balaban J connectivity index is 1.71. The van der Waals surface area contributed by atoms with Crippen molar-refractivity contribution in [1.29, 1.82) is 0 Å². The average molecular weight is 632 g/mol. The largest absolute Gasteiger partial charge is 0.416 e. The molecule has 1 amide bonds. The number of alkyl halides is 6. The van der Waals surface area contributed by atoms with Crippen LogP contribution in [0.5, 0.6) is 0 Å². The Bertz CT molecular complexity index is 1850. The third kappa shape index (κ3) is 5.78. The molecule has 0 spiro atoms. The lowest BCUT2D eigenvalue weighted by molar-refractivity contribution is -0.384. The molecule has 1 aromatic heterocycles. The molecule has 2 heterocycles. The number of nitro benzene ring substituents is 2. The molecule has 232 valence electrons. The number of aryl methyl sites for hydroxylation is 1. The molecule has 0 saturated heterocycles. The summed E-state index contributed by atoms with van der Waals surface area (Å²) in [6.45, 7) is 1.77. The molecule has 1 aliphatic rings. The molecule has 0 aliphatic carbocycles. The lowest BCUT2D eigenvalue weighted by Crippen LogP contribution is -2.37. The molecule has 0 bridgehead atoms. The number of hydrogen-bond acceptors (Lipinski definition) is 7. The first-order chi connectivity index (χ1) is 21.1. The third-order valence-corrected chi connectivity index (χ3v) is 6.88. The Morgan fingerprint density at radius 3 is 1.87 bits per heavy atom. The van der Waals surface area contributed by atoms with Crippen LogP contribution in [0.1, 0.15) is 39.0 Å². The maximum Gasteiger partial charge on any atom is 0.416 e. The summed E-state index contributed by atoms with van der Waals surface area (Å²) in [4.78, 5) is 41.8. The van der Waals surface area contributed by atoms with E-state index in [4.69, 9.17) is 0 Å². The molecule has 3 aromatic carbocycles. The van der Waals surface area contributed by atoms with E-state index in [0.29, 0.717) is 24.3 Å². The monoisotopic (exact) mass is 632 g/mol. The molecule has 1 aliphatic heterocycles. The van der Waals surface area contributed by atoms with Crippen molar-refractivity contribution in [3.8, 4) is 5.69 Å². The molecule has 0 N–H and O–H groups in total. The standard InChI is InChI=1S/C28H18F6N6O5/c1-16-2-4-17(5-3-16)26(41)38-13-12-37(21-9-7-19(28(32,33)34)15-23(21)40(44)45)25(38)24-35-10-11-36(24)20-8-6-18(27(29,30)31)14-22(20)39(42)43/h2-15,25H,1H3/t25-/m1/s1. The summed E-state index contributed by atoms with van der Waals surface area (Å²) in [5.74, 6) is -0.928. The molecule has 0 fully saturated rings. The van der Waals surface area contributed by atoms with Crippen LogP contribution in [0.15, 0.2) is 85.5 Å². The number of rotatable bonds is 6. The van der Waals surface area contributed by atoms with Crippen LogP contribution in [0.25, 0.3) is 5.69 Å². The first-order valence-electron chi connectivity index (χ1n) is 12.7. The first kappa shape index (κ1) is 30.7. The molecule has 5 rings (SSSR count). The number of aromatic nitrogens is 2. The van der Waals surface area contributed by atoms with Crippen LogP contribution >= 0.6 is 0 Å². The van der Waals surface area contributed by atoms with E-state index in [9.17, 15) is 51.4 Å². The van der Waals surface area contributed by atoms with E-state index < -0.39 is 68.1 Å². The smallest absolute Gasteiger partial charge is 0.313 e. The SMILES string of the molecule is Cc1ccc(C(=O)N2C=CN(c3ccc(C(F)(F)F)cc3[N+](=O)[O-])[C@H]2c2nccn2-c2ccc(C(F)(F)F)cc2[N+](=O)[O-])cc1. The van der Waals surface area contributed by atoms with Crippen molar-refractivity contribution < 1.29 is 41.0 Å². The van der Waals surface area contributed by atoms with Crippen LogP contribution < -0.4 is 4.90 Å². The second-order valence-corrected chi connectivity index (χ2v) is 9.73. The normalized spacial score (nSPS) is 15.0. The van der Waals surface area contributed by atoms with E-state index in [-0.39, 0.29) is 11.4 Å². The minimum absolute atomic E-state index is 0.137. The summed E-state index contributed by atoms with van der Waals surface area (Å²) >= 11 is 0. The molecule has 0 radical (unpaired) electrons. The Morgan fingerprint density at radius 1 is 0.800 bits per heavy atom. The zero-order valence-electron chi connectivity index (χ0n) is 22.7. The van der Waals surface area contributed by atoms with Crippen LogP contribution in [0, 0.1) is 27.2 Å². The second kappa shape index (κ2) is 11.1. The number of nitrogens with zero attached hydrogens (tertiary/aromatic N) is 6. The third-order valence-electron chi connectivity index (χ3n) is 6.88. The number of amides is 1. The number of halogens is 6. The molecule has 0 saturated carbocycles. The van der Waals surface area contributed by atoms with E-state index in [0.717, 1.165) is 44.5 Å². The molecule has 11 nitrogen and oxygen atoms in total. The van der Waals surface area contributed by atoms with Crippen LogP contribution in [0.4, 0.5) is 43.4 Å². The lowest BCUT2D eigenvalue weighted by atomic mass is 10.1. The van der Waals surface area contributed by atoms with Crippen molar-refractivity contribution in [2.45, 2.75) is 25.4 Å². The zero-order valence-corrected chi connectivity index (χ0v) is 22.7. The van der Waals surface area contributed by atoms with Gasteiger partial charge in [0, 0.05) is 42.5 Å². The quantitative estimate of drug-likeness (QED) is 0.125. The summed E-state index contributed by atoms with van der Waals surface area (Å²) in [6.07, 6.45) is -6.69. The molecular weight excluding hydrogens is 614 g/mol. The lowest BCUT2D eigenvalue weighted by Gasteiger charge is -2.31. The van der Waals surface area contributed by atoms with Crippen molar-refractivity contribution in [2.24, 2.45) is 0 Å². The number of carbonyl (C=O) groups is 1. The predicted octanol–water partition coefficient (Wildman–Crippen LogP) is 7.17. The van der Waals surface area contributed by atoms with E-state index >= 15 is 0 Å². The number of anilines is 1. The van der Waals surface area contributed by atoms with Gasteiger partial charge in [0.25, 0.3) is 17.3 Å². The average Bonchev–Trinajstić information content (AvgIpc) is 3.63. The first-order valence-corrected chi connectivity index (χ1v) is 12.7. The number of nitro groups is 2. The van der Waals surface area contributed by atoms with Gasteiger partial charge in [0.1, 0.15) is 11.4 Å². The van der Waals surface area contributed by atoms with E-state index in [1.54, 1.807) is 19.1 Å². The maximum atomic E-state index is 13.7. The molecule has 1 atom stereocenters. The number of carbonyl (C=O) groups excluding carboxylic acids is 1. The molecule has 0 unspecified atom stereocenters. The van der Waals surface area contributed by atoms with Gasteiger partial charge >= 0.3 is 12.4 Å². The van der Waals surface area contributed by atoms with E-state index in [1.165, 1.54) is 24.5 Å². The van der Waals surface area contributed by atoms with Gasteiger partial charge in [0.15, 0.2) is 12.0 Å². The highest BCUT2D eigenvalue weighted by atomic mass is 19.4. The van der Waals surface area contributed by atoms with Gasteiger partial charge in [-0.25, -0.2) is 4.98 Å². The highest BCUT2D eigenvalue weighted by molar-refractivity contribution is 5.96. The minimum atomic E-state index is -4.92. The van der Waals surface area contributed by atoms with Gasteiger partial charge in [0.05, 0.1) is 21.0 Å². The van der Waals surface area contributed by atoms with Crippen molar-refractivity contribution in [3.63, 3.8) is 0 Å². The summed E-state index contributed by atoms with van der Waals surface area (Å²) in [6, 6.07) is 9.73. The number of benzene rings is 3. The minimum Gasteiger partial charge on any atom is -0.313 e. The summed E-state index contributed by atoms with van der Waals surface area (Å²) in [7, 11) is 0. The number of hydrogen-bond donors (Lipinski definition) is 0. The van der Waals surface area contributed by atoms with Crippen molar-refractivity contribution in [3.05, 3.63) is 134 Å². The molecule has 4 aromatic rings. The summed E-state index contributed by atoms with van der Waals surface area (Å²) in [5.41, 5.74) is -4.42. The predicted molar refractivity (Wildman–Crippen MR) is 145 cm³/mol. The van der Waals surface area contributed by atoms with Gasteiger partial charge in [0.2, 0.25) is 0 Å². The number of imidazole rings is 1. The Kier molecular flexibility index (Phi) is 7.56. The molecule has 45 heavy (non-hydrogen) atoms. The van der Waals surface area contributed by atoms with Crippen molar-refractivity contribution >= 4 is 23.0 Å². The van der Waals surface area contributed by atoms with Gasteiger partial charge in [-0.1, -0.05) is 17.7 Å². The van der Waals surface area contributed by atoms with Gasteiger partial charge in [-0.3, -0.25) is 34.5 Å². The fourth-order valence-electron chi connectivity index (χ4n) is 4.75. The van der Waals surface area contributed by atoms with E-state index in [2.05, 4.69) is 4.98 Å². The van der Waals surface area contributed by atoms with Crippen LogP contribution in [-0.2, 0) is 12.4 Å². The molecular formula is C28H18F6N6O5. The zero-order chi connectivity index (χ0) is 32.8. The van der Waals surface area contributed by atoms with Gasteiger partial charge in [-0.2, -0.15) is 26.3 Å². The van der Waals surface area contributed by atoms with E-state index in [1.807, 2.05) is 0 Å². The maximum absolute atomic E-state index is 13.7.